The van der Waals surface area contributed by atoms with Crippen LogP contribution in [0.4, 0.5) is 0 Å². The van der Waals surface area contributed by atoms with E-state index < -0.39 is 5.60 Å². The molecule has 0 spiro atoms. The van der Waals surface area contributed by atoms with Gasteiger partial charge in [0.05, 0.1) is 10.5 Å². The lowest BCUT2D eigenvalue weighted by Gasteiger charge is -2.53. The Morgan fingerprint density at radius 2 is 2.00 bits per heavy atom. The lowest BCUT2D eigenvalue weighted by molar-refractivity contribution is -0.159. The van der Waals surface area contributed by atoms with E-state index in [0.717, 1.165) is 56.0 Å². The highest BCUT2D eigenvalue weighted by Gasteiger charge is 2.52. The number of esters is 1. The van der Waals surface area contributed by atoms with Gasteiger partial charge in [-0.25, -0.2) is 0 Å². The van der Waals surface area contributed by atoms with Gasteiger partial charge in [-0.15, -0.1) is 11.3 Å². The molecule has 33 heavy (non-hydrogen) atoms. The summed E-state index contributed by atoms with van der Waals surface area (Å²) in [5.41, 5.74) is 0.231. The largest absolute Gasteiger partial charge is 0.458 e. The smallest absolute Gasteiger partial charge is 0.303 e. The number of hydrogen-bond donors (Lipinski definition) is 1. The molecule has 2 aliphatic carbocycles. The zero-order valence-corrected chi connectivity index (χ0v) is 21.1. The molecule has 1 saturated heterocycles. The number of fused-ring (bicyclic) bond motifs is 1. The minimum absolute atomic E-state index is 0.0877. The number of nitrogens with zero attached hydrogens (tertiary/aromatic N) is 2. The van der Waals surface area contributed by atoms with Crippen molar-refractivity contribution in [1.29, 1.82) is 0 Å². The van der Waals surface area contributed by atoms with Gasteiger partial charge in [0.25, 0.3) is 5.91 Å². The van der Waals surface area contributed by atoms with Crippen LogP contribution in [0.15, 0.2) is 29.2 Å². The van der Waals surface area contributed by atoms with Crippen molar-refractivity contribution in [3.63, 3.8) is 0 Å². The molecule has 6 atom stereocenters. The van der Waals surface area contributed by atoms with Crippen molar-refractivity contribution in [1.82, 2.24) is 9.80 Å². The minimum Gasteiger partial charge on any atom is -0.458 e. The molecule has 0 aromatic carbocycles. The number of rotatable bonds is 5. The van der Waals surface area contributed by atoms with Gasteiger partial charge in [-0.05, 0) is 54.5 Å². The summed E-state index contributed by atoms with van der Waals surface area (Å²) in [4.78, 5) is 29.5. The number of carbonyl (C=O) groups excluding carboxylic acids is 2. The molecule has 2 fully saturated rings. The summed E-state index contributed by atoms with van der Waals surface area (Å²) in [5, 5.41) is 13.7. The minimum atomic E-state index is -0.831. The lowest BCUT2D eigenvalue weighted by Crippen LogP contribution is -2.56. The van der Waals surface area contributed by atoms with E-state index in [4.69, 9.17) is 4.74 Å². The standard InChI is InChI=1S/C26H38N2O4S/c1-17-14-22-21(8-7-19(3)26(22,31)15-23(17)32-20(4)29)18(2)16-27-9-11-28(12-10-27)25(30)24-6-5-13-33-24/h5-6,13-14,18-19,21-23,31H,7-12,15-16H2,1-4H3/t18-,19-,21+,22-,23-,26-/m1/s1. The second-order valence-electron chi connectivity index (χ2n) is 10.4. The lowest BCUT2D eigenvalue weighted by atomic mass is 9.57. The van der Waals surface area contributed by atoms with Crippen LogP contribution in [-0.4, -0.2) is 71.2 Å². The van der Waals surface area contributed by atoms with Gasteiger partial charge in [0.2, 0.25) is 0 Å². The summed E-state index contributed by atoms with van der Waals surface area (Å²) < 4.78 is 5.53. The van der Waals surface area contributed by atoms with E-state index in [0.29, 0.717) is 18.3 Å². The van der Waals surface area contributed by atoms with Crippen molar-refractivity contribution in [3.8, 4) is 0 Å². The van der Waals surface area contributed by atoms with Gasteiger partial charge in [-0.2, -0.15) is 0 Å². The molecular weight excluding hydrogens is 436 g/mol. The molecule has 4 rings (SSSR count). The van der Waals surface area contributed by atoms with Gasteiger partial charge in [0.1, 0.15) is 6.10 Å². The van der Waals surface area contributed by atoms with E-state index in [1.165, 1.54) is 18.3 Å². The molecule has 1 aromatic rings. The quantitative estimate of drug-likeness (QED) is 0.519. The predicted octanol–water partition coefficient (Wildman–Crippen LogP) is 3.82. The first kappa shape index (κ1) is 24.4. The molecule has 182 valence electrons. The highest BCUT2D eigenvalue weighted by molar-refractivity contribution is 7.12. The Balaban J connectivity index is 1.39. The van der Waals surface area contributed by atoms with Gasteiger partial charge in [0, 0.05) is 52.0 Å². The van der Waals surface area contributed by atoms with E-state index in [1.54, 1.807) is 0 Å². The third-order valence-electron chi connectivity index (χ3n) is 8.26. The molecule has 1 N–H and O–H groups in total. The average molecular weight is 475 g/mol. The second-order valence-corrected chi connectivity index (χ2v) is 11.4. The summed E-state index contributed by atoms with van der Waals surface area (Å²) in [6.07, 6.45) is 4.46. The van der Waals surface area contributed by atoms with Gasteiger partial charge in [-0.3, -0.25) is 14.5 Å². The van der Waals surface area contributed by atoms with Crippen molar-refractivity contribution in [2.45, 2.75) is 58.7 Å². The zero-order valence-electron chi connectivity index (χ0n) is 20.3. The fourth-order valence-corrected chi connectivity index (χ4v) is 6.92. The Hall–Kier alpha value is -1.70. The average Bonchev–Trinajstić information content (AvgIpc) is 3.31. The van der Waals surface area contributed by atoms with Crippen LogP contribution in [0.5, 0.6) is 0 Å². The number of amides is 1. The third kappa shape index (κ3) is 5.05. The van der Waals surface area contributed by atoms with Crippen LogP contribution in [0.1, 0.15) is 56.6 Å². The molecular formula is C26H38N2O4S. The molecule has 6 nitrogen and oxygen atoms in total. The summed E-state index contributed by atoms with van der Waals surface area (Å²) in [5.74, 6) is 0.951. The molecule has 1 aliphatic heterocycles. The Morgan fingerprint density at radius 3 is 2.64 bits per heavy atom. The van der Waals surface area contributed by atoms with E-state index in [2.05, 4.69) is 24.8 Å². The molecule has 0 radical (unpaired) electrons. The van der Waals surface area contributed by atoms with Crippen molar-refractivity contribution in [2.75, 3.05) is 32.7 Å². The van der Waals surface area contributed by atoms with Gasteiger partial charge in [-0.1, -0.05) is 26.0 Å². The fourth-order valence-electron chi connectivity index (χ4n) is 6.23. The summed E-state index contributed by atoms with van der Waals surface area (Å²) in [6, 6.07) is 3.83. The Kier molecular flexibility index (Phi) is 7.32. The fraction of sp³-hybridized carbons (Fsp3) is 0.692. The normalized spacial score (nSPS) is 33.7. The van der Waals surface area contributed by atoms with Crippen molar-refractivity contribution in [2.24, 2.45) is 23.7 Å². The topological polar surface area (TPSA) is 70.1 Å². The van der Waals surface area contributed by atoms with E-state index >= 15 is 0 Å². The van der Waals surface area contributed by atoms with Crippen LogP contribution in [0, 0.1) is 23.7 Å². The van der Waals surface area contributed by atoms with E-state index in [-0.39, 0.29) is 29.8 Å². The SMILES string of the molecule is CC(=O)O[C@@H]1C[C@@]2(O)[C@H](C)CC[C@@H]([C@H](C)CN3CCN(C(=O)c4cccs4)CC3)[C@H]2C=C1C. The van der Waals surface area contributed by atoms with Crippen molar-refractivity contribution in [3.05, 3.63) is 34.0 Å². The number of carbonyl (C=O) groups is 2. The molecule has 0 unspecified atom stereocenters. The molecule has 0 bridgehead atoms. The summed E-state index contributed by atoms with van der Waals surface area (Å²) >= 11 is 1.51. The summed E-state index contributed by atoms with van der Waals surface area (Å²) in [7, 11) is 0. The number of hydrogen-bond acceptors (Lipinski definition) is 6. The van der Waals surface area contributed by atoms with E-state index in [1.807, 2.05) is 29.3 Å². The zero-order chi connectivity index (χ0) is 23.8. The molecule has 1 saturated carbocycles. The summed E-state index contributed by atoms with van der Waals surface area (Å²) in [6.45, 7) is 12.2. The maximum atomic E-state index is 12.6. The highest BCUT2D eigenvalue weighted by Crippen LogP contribution is 2.51. The van der Waals surface area contributed by atoms with Gasteiger partial charge < -0.3 is 14.7 Å². The van der Waals surface area contributed by atoms with Crippen LogP contribution in [0.25, 0.3) is 0 Å². The Labute approximate surface area is 201 Å². The van der Waals surface area contributed by atoms with Gasteiger partial charge >= 0.3 is 5.97 Å². The van der Waals surface area contributed by atoms with Gasteiger partial charge in [0.15, 0.2) is 0 Å². The maximum absolute atomic E-state index is 12.6. The molecule has 7 heteroatoms. The monoisotopic (exact) mass is 474 g/mol. The van der Waals surface area contributed by atoms with Crippen LogP contribution in [0.3, 0.4) is 0 Å². The third-order valence-corrected chi connectivity index (χ3v) is 9.12. The number of ether oxygens (including phenoxy) is 1. The van der Waals surface area contributed by atoms with Crippen molar-refractivity contribution < 1.29 is 19.4 Å². The first-order valence-corrected chi connectivity index (χ1v) is 13.2. The first-order chi connectivity index (χ1) is 15.7. The Morgan fingerprint density at radius 1 is 1.27 bits per heavy atom. The maximum Gasteiger partial charge on any atom is 0.303 e. The molecule has 1 amide bonds. The molecule has 3 aliphatic rings. The number of piperazine rings is 1. The van der Waals surface area contributed by atoms with Crippen LogP contribution < -0.4 is 0 Å². The predicted molar refractivity (Wildman–Crippen MR) is 130 cm³/mol. The first-order valence-electron chi connectivity index (χ1n) is 12.3. The molecule has 2 heterocycles. The Bertz CT molecular complexity index is 877. The number of aliphatic hydroxyl groups is 1. The highest BCUT2D eigenvalue weighted by atomic mass is 32.1. The number of thiophene rings is 1. The van der Waals surface area contributed by atoms with Crippen LogP contribution in [-0.2, 0) is 9.53 Å². The van der Waals surface area contributed by atoms with Crippen LogP contribution >= 0.6 is 11.3 Å². The van der Waals surface area contributed by atoms with Crippen molar-refractivity contribution >= 4 is 23.2 Å². The van der Waals surface area contributed by atoms with E-state index in [9.17, 15) is 14.7 Å². The molecule has 1 aromatic heterocycles. The van der Waals surface area contributed by atoms with Crippen LogP contribution in [0.2, 0.25) is 0 Å². The second kappa shape index (κ2) is 9.88.